The Labute approximate surface area is 87.4 Å². The molecule has 1 rings (SSSR count). The van der Waals surface area contributed by atoms with Gasteiger partial charge in [0.2, 0.25) is 0 Å². The van der Waals surface area contributed by atoms with E-state index in [1.165, 1.54) is 11.1 Å². The third-order valence-corrected chi connectivity index (χ3v) is 1.63. The number of hydrogen-bond donors (Lipinski definition) is 0. The van der Waals surface area contributed by atoms with Crippen molar-refractivity contribution in [2.24, 2.45) is 0 Å². The molecular weight excluding hydrogens is 144 g/mol. The molecule has 0 saturated carbocycles. The minimum atomic E-state index is 0. The summed E-state index contributed by atoms with van der Waals surface area (Å²) in [5, 5.41) is 0. The van der Waals surface area contributed by atoms with Crippen molar-refractivity contribution in [1.82, 2.24) is 0 Å². The third-order valence-electron chi connectivity index (χ3n) is 1.63. The van der Waals surface area contributed by atoms with Crippen LogP contribution in [0.1, 0.15) is 14.0 Å². The van der Waals surface area contributed by atoms with Crippen LogP contribution in [-0.4, -0.2) is 23.1 Å². The van der Waals surface area contributed by atoms with Crippen LogP contribution in [0.4, 0.5) is 0 Å². The average Bonchev–Trinajstić information content (AvgIpc) is 1.94. The summed E-state index contributed by atoms with van der Waals surface area (Å²) < 4.78 is 0. The molecule has 1 aromatic rings. The standard InChI is InChI=1S/C10H12.Mg.2H/c1-3-6-10-8-5-4-7-9(10)2;;;/h3-5,7-8H,1,6H2,2H3;;;/q;+2;2*-1. The van der Waals surface area contributed by atoms with Crippen LogP contribution in [0.5, 0.6) is 0 Å². The number of allylic oxidation sites excluding steroid dienone is 1. The van der Waals surface area contributed by atoms with Crippen molar-refractivity contribution < 1.29 is 2.85 Å². The van der Waals surface area contributed by atoms with Crippen LogP contribution in [0.15, 0.2) is 36.9 Å². The van der Waals surface area contributed by atoms with Crippen LogP contribution in [0, 0.1) is 6.92 Å². The molecule has 0 amide bonds. The fourth-order valence-electron chi connectivity index (χ4n) is 0.995. The van der Waals surface area contributed by atoms with Gasteiger partial charge in [0.1, 0.15) is 0 Å². The van der Waals surface area contributed by atoms with Crippen LogP contribution in [0.3, 0.4) is 0 Å². The molecule has 0 bridgehead atoms. The Hall–Kier alpha value is -0.274. The minimum absolute atomic E-state index is 0. The maximum Gasteiger partial charge on any atom is 2.00 e. The number of rotatable bonds is 2. The van der Waals surface area contributed by atoms with E-state index in [4.69, 9.17) is 0 Å². The Morgan fingerprint density at radius 1 is 1.45 bits per heavy atom. The third kappa shape index (κ3) is 3.08. The first-order valence-electron chi connectivity index (χ1n) is 3.50. The van der Waals surface area contributed by atoms with Gasteiger partial charge in [-0.1, -0.05) is 30.3 Å². The fraction of sp³-hybridized carbons (Fsp3) is 0.200. The molecule has 0 radical (unpaired) electrons. The Balaban J connectivity index is -0.000000333. The van der Waals surface area contributed by atoms with Gasteiger partial charge in [-0.25, -0.2) is 0 Å². The van der Waals surface area contributed by atoms with E-state index < -0.39 is 0 Å². The summed E-state index contributed by atoms with van der Waals surface area (Å²) in [6, 6.07) is 8.38. The molecule has 56 valence electrons. The van der Waals surface area contributed by atoms with Crippen LogP contribution in [-0.2, 0) is 6.42 Å². The summed E-state index contributed by atoms with van der Waals surface area (Å²) >= 11 is 0. The molecule has 0 saturated heterocycles. The van der Waals surface area contributed by atoms with Gasteiger partial charge in [0.25, 0.3) is 0 Å². The monoisotopic (exact) mass is 158 g/mol. The molecule has 1 aromatic carbocycles. The summed E-state index contributed by atoms with van der Waals surface area (Å²) in [6.07, 6.45) is 2.91. The van der Waals surface area contributed by atoms with E-state index >= 15 is 0 Å². The molecule has 0 aliphatic carbocycles. The zero-order valence-electron chi connectivity index (χ0n) is 9.01. The summed E-state index contributed by atoms with van der Waals surface area (Å²) in [7, 11) is 0. The van der Waals surface area contributed by atoms with Crippen molar-refractivity contribution in [2.75, 3.05) is 0 Å². The molecule has 0 heterocycles. The first-order valence-corrected chi connectivity index (χ1v) is 3.50. The summed E-state index contributed by atoms with van der Waals surface area (Å²) in [5.74, 6) is 0. The first kappa shape index (κ1) is 10.7. The first-order chi connectivity index (χ1) is 4.84. The topological polar surface area (TPSA) is 0 Å². The van der Waals surface area contributed by atoms with E-state index in [-0.39, 0.29) is 25.9 Å². The van der Waals surface area contributed by atoms with Gasteiger partial charge in [-0.3, -0.25) is 0 Å². The molecule has 0 aliphatic heterocycles. The van der Waals surface area contributed by atoms with Crippen LogP contribution in [0.25, 0.3) is 0 Å². The van der Waals surface area contributed by atoms with Crippen molar-refractivity contribution in [3.05, 3.63) is 48.0 Å². The number of hydrogen-bond acceptors (Lipinski definition) is 0. The molecule has 1 heteroatoms. The molecule has 0 atom stereocenters. The Morgan fingerprint density at radius 3 is 2.64 bits per heavy atom. The Kier molecular flexibility index (Phi) is 5.25. The van der Waals surface area contributed by atoms with Gasteiger partial charge < -0.3 is 2.85 Å². The maximum absolute atomic E-state index is 3.70. The van der Waals surface area contributed by atoms with Crippen molar-refractivity contribution in [3.63, 3.8) is 0 Å². The minimum Gasteiger partial charge on any atom is -1.00 e. The number of benzene rings is 1. The summed E-state index contributed by atoms with van der Waals surface area (Å²) in [6.45, 7) is 5.82. The average molecular weight is 159 g/mol. The van der Waals surface area contributed by atoms with E-state index in [0.29, 0.717) is 0 Å². The van der Waals surface area contributed by atoms with E-state index in [9.17, 15) is 0 Å². The van der Waals surface area contributed by atoms with E-state index in [0.717, 1.165) is 6.42 Å². The van der Waals surface area contributed by atoms with Gasteiger partial charge >= 0.3 is 23.1 Å². The van der Waals surface area contributed by atoms with Crippen molar-refractivity contribution in [2.45, 2.75) is 13.3 Å². The van der Waals surface area contributed by atoms with E-state index in [2.05, 4.69) is 37.8 Å². The van der Waals surface area contributed by atoms with Gasteiger partial charge in [0.05, 0.1) is 0 Å². The van der Waals surface area contributed by atoms with Crippen molar-refractivity contribution in [1.29, 1.82) is 0 Å². The van der Waals surface area contributed by atoms with Gasteiger partial charge in [-0.05, 0) is 24.5 Å². The van der Waals surface area contributed by atoms with Crippen molar-refractivity contribution in [3.8, 4) is 0 Å². The predicted octanol–water partition coefficient (Wildman–Crippen LogP) is 2.57. The maximum atomic E-state index is 3.70. The van der Waals surface area contributed by atoms with Gasteiger partial charge in [-0.15, -0.1) is 6.58 Å². The quantitative estimate of drug-likeness (QED) is 0.458. The van der Waals surface area contributed by atoms with Crippen molar-refractivity contribution >= 4 is 23.1 Å². The Bertz CT molecular complexity index is 236. The second-order valence-electron chi connectivity index (χ2n) is 2.42. The molecule has 0 nitrogen and oxygen atoms in total. The second kappa shape index (κ2) is 5.39. The molecular formula is C10H14Mg. The van der Waals surface area contributed by atoms with Gasteiger partial charge in [-0.2, -0.15) is 0 Å². The zero-order valence-corrected chi connectivity index (χ0v) is 8.42. The molecule has 11 heavy (non-hydrogen) atoms. The van der Waals surface area contributed by atoms with Gasteiger partial charge in [0.15, 0.2) is 0 Å². The van der Waals surface area contributed by atoms with Gasteiger partial charge in [0, 0.05) is 0 Å². The zero-order chi connectivity index (χ0) is 7.40. The summed E-state index contributed by atoms with van der Waals surface area (Å²) in [4.78, 5) is 0. The molecule has 0 spiro atoms. The van der Waals surface area contributed by atoms with E-state index in [1.807, 2.05) is 6.08 Å². The molecule has 0 unspecified atom stereocenters. The normalized spacial score (nSPS) is 8.45. The predicted molar refractivity (Wildman–Crippen MR) is 53.1 cm³/mol. The van der Waals surface area contributed by atoms with Crippen LogP contribution < -0.4 is 0 Å². The SMILES string of the molecule is C=CCc1ccccc1C.[H-].[H-].[Mg+2]. The summed E-state index contributed by atoms with van der Waals surface area (Å²) in [5.41, 5.74) is 2.72. The van der Waals surface area contributed by atoms with Crippen LogP contribution in [0.2, 0.25) is 0 Å². The number of aryl methyl sites for hydroxylation is 1. The molecule has 0 aromatic heterocycles. The Morgan fingerprint density at radius 2 is 2.09 bits per heavy atom. The van der Waals surface area contributed by atoms with Crippen LogP contribution >= 0.6 is 0 Å². The molecule has 0 fully saturated rings. The largest absolute Gasteiger partial charge is 2.00 e. The molecule has 0 aliphatic rings. The molecule has 0 N–H and O–H groups in total. The smallest absolute Gasteiger partial charge is 1.00 e. The second-order valence-corrected chi connectivity index (χ2v) is 2.42. The van der Waals surface area contributed by atoms with E-state index in [1.54, 1.807) is 0 Å². The fourth-order valence-corrected chi connectivity index (χ4v) is 0.995.